The Bertz CT molecular complexity index is 1180. The van der Waals surface area contributed by atoms with Gasteiger partial charge in [0.1, 0.15) is 0 Å². The highest BCUT2D eigenvalue weighted by Crippen LogP contribution is 2.38. The third-order valence-corrected chi connectivity index (χ3v) is 8.61. The first-order chi connectivity index (χ1) is 17.9. The molecular formula is C27H32N4O5S. The number of carbonyl (C=O) groups is 4. The van der Waals surface area contributed by atoms with Crippen molar-refractivity contribution in [2.24, 2.45) is 5.92 Å². The van der Waals surface area contributed by atoms with E-state index in [0.29, 0.717) is 69.8 Å². The van der Waals surface area contributed by atoms with Crippen molar-refractivity contribution in [2.45, 2.75) is 32.7 Å². The Morgan fingerprint density at radius 1 is 0.973 bits per heavy atom. The van der Waals surface area contributed by atoms with Crippen LogP contribution in [-0.4, -0.2) is 84.4 Å². The number of amides is 4. The number of rotatable bonds is 5. The van der Waals surface area contributed by atoms with E-state index in [1.54, 1.807) is 17.9 Å². The monoisotopic (exact) mass is 524 g/mol. The molecule has 196 valence electrons. The van der Waals surface area contributed by atoms with E-state index in [2.05, 4.69) is 4.90 Å². The van der Waals surface area contributed by atoms with Crippen LogP contribution in [0, 0.1) is 5.92 Å². The molecule has 2 saturated heterocycles. The van der Waals surface area contributed by atoms with Crippen molar-refractivity contribution >= 4 is 40.8 Å². The Balaban J connectivity index is 1.23. The maximum atomic E-state index is 13.5. The summed E-state index contributed by atoms with van der Waals surface area (Å²) < 4.78 is 5.06. The zero-order valence-corrected chi connectivity index (χ0v) is 22.0. The number of ether oxygens (including phenoxy) is 1. The minimum atomic E-state index is -0.326. The molecule has 0 aliphatic carbocycles. The molecule has 1 unspecified atom stereocenters. The molecule has 1 atom stereocenters. The second-order valence-electron chi connectivity index (χ2n) is 9.64. The van der Waals surface area contributed by atoms with E-state index >= 15 is 0 Å². The van der Waals surface area contributed by atoms with Gasteiger partial charge in [-0.2, -0.15) is 0 Å². The van der Waals surface area contributed by atoms with Gasteiger partial charge >= 0.3 is 6.09 Å². The van der Waals surface area contributed by atoms with Crippen LogP contribution in [0.3, 0.4) is 0 Å². The van der Waals surface area contributed by atoms with E-state index in [4.69, 9.17) is 4.74 Å². The second-order valence-corrected chi connectivity index (χ2v) is 10.6. The van der Waals surface area contributed by atoms with Crippen molar-refractivity contribution in [2.75, 3.05) is 50.8 Å². The number of hydrogen-bond acceptors (Lipinski definition) is 7. The molecule has 5 rings (SSSR count). The molecule has 10 heteroatoms. The third-order valence-electron chi connectivity index (χ3n) is 7.57. The van der Waals surface area contributed by atoms with Crippen LogP contribution in [0.4, 0.5) is 10.5 Å². The lowest BCUT2D eigenvalue weighted by Crippen LogP contribution is -2.53. The molecule has 3 aliphatic heterocycles. The molecule has 0 spiro atoms. The van der Waals surface area contributed by atoms with Gasteiger partial charge < -0.3 is 19.4 Å². The lowest BCUT2D eigenvalue weighted by atomic mass is 9.93. The topological polar surface area (TPSA) is 90.5 Å². The van der Waals surface area contributed by atoms with Crippen LogP contribution in [0.25, 0.3) is 0 Å². The Morgan fingerprint density at radius 2 is 1.68 bits per heavy atom. The molecule has 4 heterocycles. The van der Waals surface area contributed by atoms with Crippen molar-refractivity contribution in [3.63, 3.8) is 0 Å². The standard InChI is InChI=1S/C27H32N4O5S/c1-3-36-27(35)30-15-13-29(14-16-30)24(32)19-9-11-28(12-10-19)21-7-4-6-20-23(21)26(34)31(25(20)33)18(2)22-8-5-17-37-22/h4-8,17-19H,3,9-16H2,1-2H3. The van der Waals surface area contributed by atoms with E-state index in [9.17, 15) is 19.2 Å². The number of carbonyl (C=O) groups excluding carboxylic acids is 4. The molecular weight excluding hydrogens is 492 g/mol. The van der Waals surface area contributed by atoms with Crippen molar-refractivity contribution in [3.8, 4) is 0 Å². The molecule has 1 aromatic heterocycles. The van der Waals surface area contributed by atoms with E-state index < -0.39 is 0 Å². The number of piperidine rings is 1. The smallest absolute Gasteiger partial charge is 0.409 e. The zero-order chi connectivity index (χ0) is 26.1. The molecule has 9 nitrogen and oxygen atoms in total. The fourth-order valence-electron chi connectivity index (χ4n) is 5.51. The van der Waals surface area contributed by atoms with Gasteiger partial charge in [0.15, 0.2) is 0 Å². The summed E-state index contributed by atoms with van der Waals surface area (Å²) >= 11 is 1.53. The predicted octanol–water partition coefficient (Wildman–Crippen LogP) is 3.62. The second kappa shape index (κ2) is 10.5. The lowest BCUT2D eigenvalue weighted by molar-refractivity contribution is -0.137. The van der Waals surface area contributed by atoms with Crippen molar-refractivity contribution in [1.82, 2.24) is 14.7 Å². The number of nitrogens with zero attached hydrogens (tertiary/aromatic N) is 4. The van der Waals surface area contributed by atoms with Crippen molar-refractivity contribution in [1.29, 1.82) is 0 Å². The third kappa shape index (κ3) is 4.70. The normalized spacial score (nSPS) is 19.3. The molecule has 0 radical (unpaired) electrons. The summed E-state index contributed by atoms with van der Waals surface area (Å²) in [6.45, 7) is 7.27. The first-order valence-corrected chi connectivity index (χ1v) is 13.8. The number of fused-ring (bicyclic) bond motifs is 1. The molecule has 0 saturated carbocycles. The minimum Gasteiger partial charge on any atom is -0.450 e. The Hall–Kier alpha value is -3.40. The van der Waals surface area contributed by atoms with Gasteiger partial charge in [-0.3, -0.25) is 19.3 Å². The Morgan fingerprint density at radius 3 is 2.32 bits per heavy atom. The average molecular weight is 525 g/mol. The fraction of sp³-hybridized carbons (Fsp3) is 0.481. The van der Waals surface area contributed by atoms with Gasteiger partial charge in [0.05, 0.1) is 29.5 Å². The highest BCUT2D eigenvalue weighted by atomic mass is 32.1. The van der Waals surface area contributed by atoms with E-state index in [1.165, 1.54) is 16.2 Å². The zero-order valence-electron chi connectivity index (χ0n) is 21.2. The largest absolute Gasteiger partial charge is 0.450 e. The van der Waals surface area contributed by atoms with Crippen LogP contribution in [0.5, 0.6) is 0 Å². The predicted molar refractivity (Wildman–Crippen MR) is 140 cm³/mol. The van der Waals surface area contributed by atoms with E-state index in [-0.39, 0.29) is 35.8 Å². The number of thiophene rings is 1. The molecule has 0 N–H and O–H groups in total. The fourth-order valence-corrected chi connectivity index (χ4v) is 6.28. The summed E-state index contributed by atoms with van der Waals surface area (Å²) in [7, 11) is 0. The summed E-state index contributed by atoms with van der Waals surface area (Å²) in [5.41, 5.74) is 1.69. The molecule has 4 amide bonds. The molecule has 2 fully saturated rings. The summed E-state index contributed by atoms with van der Waals surface area (Å²) in [5.74, 6) is -0.470. The van der Waals surface area contributed by atoms with Gasteiger partial charge in [-0.05, 0) is 50.3 Å². The maximum absolute atomic E-state index is 13.5. The molecule has 37 heavy (non-hydrogen) atoms. The Kier molecular flexibility index (Phi) is 7.19. The average Bonchev–Trinajstić information content (AvgIpc) is 3.55. The van der Waals surface area contributed by atoms with Crippen molar-refractivity contribution < 1.29 is 23.9 Å². The van der Waals surface area contributed by atoms with E-state index in [0.717, 1.165) is 10.6 Å². The SMILES string of the molecule is CCOC(=O)N1CCN(C(=O)C2CCN(c3cccc4c3C(=O)N(C(C)c3cccs3)C4=O)CC2)CC1. The van der Waals surface area contributed by atoms with Crippen LogP contribution < -0.4 is 4.90 Å². The number of anilines is 1. The number of piperazine rings is 1. The van der Waals surface area contributed by atoms with Gasteiger partial charge in [0.25, 0.3) is 11.8 Å². The van der Waals surface area contributed by atoms with Gasteiger partial charge in [-0.15, -0.1) is 11.3 Å². The lowest BCUT2D eigenvalue weighted by Gasteiger charge is -2.39. The molecule has 0 bridgehead atoms. The summed E-state index contributed by atoms with van der Waals surface area (Å²) in [6, 6.07) is 9.00. The maximum Gasteiger partial charge on any atom is 0.409 e. The quantitative estimate of drug-likeness (QED) is 0.555. The van der Waals surface area contributed by atoms with Crippen LogP contribution in [0.1, 0.15) is 58.3 Å². The van der Waals surface area contributed by atoms with Gasteiger partial charge in [-0.25, -0.2) is 4.79 Å². The number of hydrogen-bond donors (Lipinski definition) is 0. The van der Waals surface area contributed by atoms with Crippen LogP contribution in [-0.2, 0) is 9.53 Å². The van der Waals surface area contributed by atoms with Crippen molar-refractivity contribution in [3.05, 3.63) is 51.7 Å². The molecule has 1 aromatic carbocycles. The van der Waals surface area contributed by atoms with Crippen LogP contribution in [0.15, 0.2) is 35.7 Å². The first-order valence-electron chi connectivity index (χ1n) is 12.9. The summed E-state index contributed by atoms with van der Waals surface area (Å²) in [4.78, 5) is 59.8. The Labute approximate surface area is 220 Å². The summed E-state index contributed by atoms with van der Waals surface area (Å²) in [5, 5.41) is 1.95. The van der Waals surface area contributed by atoms with E-state index in [1.807, 2.05) is 41.5 Å². The van der Waals surface area contributed by atoms with Gasteiger partial charge in [0, 0.05) is 50.1 Å². The molecule has 2 aromatic rings. The highest BCUT2D eigenvalue weighted by Gasteiger charge is 2.42. The number of imide groups is 1. The van der Waals surface area contributed by atoms with Crippen LogP contribution in [0.2, 0.25) is 0 Å². The number of benzene rings is 1. The van der Waals surface area contributed by atoms with Gasteiger partial charge in [0.2, 0.25) is 5.91 Å². The first kappa shape index (κ1) is 25.3. The van der Waals surface area contributed by atoms with Gasteiger partial charge in [-0.1, -0.05) is 12.1 Å². The summed E-state index contributed by atoms with van der Waals surface area (Å²) in [6.07, 6.45) is 1.03. The van der Waals surface area contributed by atoms with Crippen LogP contribution >= 0.6 is 11.3 Å². The highest BCUT2D eigenvalue weighted by molar-refractivity contribution is 7.10. The minimum absolute atomic E-state index is 0.0881. The molecule has 3 aliphatic rings.